The monoisotopic (exact) mass is 922 g/mol. The molecule has 334 valence electrons. The summed E-state index contributed by atoms with van der Waals surface area (Å²) in [6.07, 6.45) is 0. The number of anilines is 2. The van der Waals surface area contributed by atoms with Crippen molar-refractivity contribution in [2.75, 3.05) is 62.2 Å². The number of piperazine rings is 2. The second-order valence-corrected chi connectivity index (χ2v) is 18.1. The number of nitriles is 2. The summed E-state index contributed by atoms with van der Waals surface area (Å²) in [6.45, 7) is 9.55. The minimum atomic E-state index is -0.377. The van der Waals surface area contributed by atoms with Crippen LogP contribution in [0.15, 0.2) is 154 Å². The van der Waals surface area contributed by atoms with Gasteiger partial charge in [0.2, 0.25) is 0 Å². The van der Waals surface area contributed by atoms with Crippen LogP contribution >= 0.6 is 22.7 Å². The molecule has 1 N–H and O–H groups in total. The summed E-state index contributed by atoms with van der Waals surface area (Å²) in [5.74, 6) is 0.0698. The van der Waals surface area contributed by atoms with Gasteiger partial charge in [0.05, 0.1) is 32.2 Å². The van der Waals surface area contributed by atoms with Gasteiger partial charge in [-0.2, -0.15) is 10.5 Å². The lowest BCUT2D eigenvalue weighted by Gasteiger charge is -2.37. The van der Waals surface area contributed by atoms with Crippen LogP contribution in [0, 0.1) is 22.7 Å². The third-order valence-electron chi connectivity index (χ3n) is 11.9. The van der Waals surface area contributed by atoms with Gasteiger partial charge in [0.25, 0.3) is 22.9 Å². The highest BCUT2D eigenvalue weighted by molar-refractivity contribution is 7.12. The third-order valence-corrected chi connectivity index (χ3v) is 13.6. The number of aromatic nitrogens is 2. The molecule has 2 saturated heterocycles. The Hall–Kier alpha value is -7.72. The number of H-pyrrole nitrogens is 1. The lowest BCUT2D eigenvalue weighted by Crippen LogP contribution is -2.49. The summed E-state index contributed by atoms with van der Waals surface area (Å²) in [5, 5.41) is 25.0. The standard InChI is InChI=1S/C25H20N4O2S.C19H16N4O2S.C8H11B/c26-17-20-23(27-12-14-28(15-13-27)25(31)22-11-6-16-32-22)19-9-4-5-10-21(19)29(24(20)30)18-7-2-1-3-8-18;20-12-14-17(13-4-1-2-5-15(13)21-18(14)24)22-7-9-23(10-8-22)19(25)16-6-3-11-26-16;1-9(2)8-6-4-3-5-7-8/h1-11,16H,12-15H2;1-6,11H,7-10H2,(H,21,24);3-7H,1-2H3. The van der Waals surface area contributed by atoms with Crippen LogP contribution in [-0.4, -0.2) is 90.2 Å². The van der Waals surface area contributed by atoms with Crippen LogP contribution in [0.25, 0.3) is 27.5 Å². The van der Waals surface area contributed by atoms with E-state index in [1.165, 1.54) is 28.1 Å². The van der Waals surface area contributed by atoms with Gasteiger partial charge < -0.3 is 24.6 Å². The number of pyridine rings is 2. The fraction of sp³-hybridized carbons (Fsp3) is 0.192. The van der Waals surface area contributed by atoms with Crippen molar-refractivity contribution < 1.29 is 9.59 Å². The number of amides is 2. The number of hydrogen-bond acceptors (Lipinski definition) is 10. The van der Waals surface area contributed by atoms with E-state index in [0.29, 0.717) is 76.0 Å². The van der Waals surface area contributed by atoms with Crippen LogP contribution in [0.4, 0.5) is 11.4 Å². The van der Waals surface area contributed by atoms with Crippen molar-refractivity contribution in [2.45, 2.75) is 13.6 Å². The average Bonchev–Trinajstić information content (AvgIpc) is 4.13. The van der Waals surface area contributed by atoms with Crippen molar-refractivity contribution in [1.29, 1.82) is 10.5 Å². The highest BCUT2D eigenvalue weighted by Gasteiger charge is 2.29. The third kappa shape index (κ3) is 9.94. The Labute approximate surface area is 396 Å². The number of carbonyl (C=O) groups is 2. The Balaban J connectivity index is 0.000000155. The van der Waals surface area contributed by atoms with E-state index in [0.717, 1.165) is 31.7 Å². The Morgan fingerprint density at radius 3 is 1.54 bits per heavy atom. The smallest absolute Gasteiger partial charge is 0.275 e. The quantitative estimate of drug-likeness (QED) is 0.165. The summed E-state index contributed by atoms with van der Waals surface area (Å²) in [7, 11) is 0. The van der Waals surface area contributed by atoms with Gasteiger partial charge in [0.15, 0.2) is 6.71 Å². The molecule has 0 radical (unpaired) electrons. The molecule has 8 aromatic rings. The highest BCUT2D eigenvalue weighted by Crippen LogP contribution is 2.32. The van der Waals surface area contributed by atoms with Crippen molar-refractivity contribution in [1.82, 2.24) is 19.4 Å². The molecule has 0 atom stereocenters. The average molecular weight is 923 g/mol. The SMILES string of the molecule is CB(C)c1ccccc1.N#Cc1c(N2CCN(C(=O)c3cccs3)CC2)c2ccccc2[nH]c1=O.N#Cc1c(N2CCN(C(=O)c3cccs3)CC2)c2ccccc2n(-c2ccccc2)c1=O. The molecular formula is C52H47BN8O4S2. The molecule has 15 heteroatoms. The van der Waals surface area contributed by atoms with Crippen LogP contribution in [0.1, 0.15) is 30.5 Å². The zero-order chi connectivity index (χ0) is 46.9. The van der Waals surface area contributed by atoms with E-state index in [9.17, 15) is 29.7 Å². The van der Waals surface area contributed by atoms with E-state index in [-0.39, 0.29) is 34.1 Å². The molecule has 2 amide bonds. The Bertz CT molecular complexity index is 3200. The minimum Gasteiger partial charge on any atom is -0.366 e. The summed E-state index contributed by atoms with van der Waals surface area (Å²) in [5.41, 5.74) is 4.48. The van der Waals surface area contributed by atoms with Gasteiger partial charge in [-0.25, -0.2) is 0 Å². The summed E-state index contributed by atoms with van der Waals surface area (Å²) >= 11 is 2.88. The van der Waals surface area contributed by atoms with Crippen LogP contribution in [0.5, 0.6) is 0 Å². The summed E-state index contributed by atoms with van der Waals surface area (Å²) < 4.78 is 1.61. The number of nitrogens with zero attached hydrogens (tertiary/aromatic N) is 7. The van der Waals surface area contributed by atoms with Gasteiger partial charge in [-0.05, 0) is 47.2 Å². The second kappa shape index (κ2) is 21.1. The van der Waals surface area contributed by atoms with Crippen molar-refractivity contribution >= 4 is 79.8 Å². The van der Waals surface area contributed by atoms with Gasteiger partial charge in [0, 0.05) is 68.8 Å². The van der Waals surface area contributed by atoms with Crippen molar-refractivity contribution in [3.63, 3.8) is 0 Å². The number of hydrogen-bond donors (Lipinski definition) is 1. The molecular weight excluding hydrogens is 876 g/mol. The van der Waals surface area contributed by atoms with Crippen LogP contribution < -0.4 is 26.4 Å². The molecule has 67 heavy (non-hydrogen) atoms. The molecule has 0 bridgehead atoms. The molecule has 2 fully saturated rings. The van der Waals surface area contributed by atoms with Crippen molar-refractivity contribution in [3.8, 4) is 17.8 Å². The van der Waals surface area contributed by atoms with E-state index in [4.69, 9.17) is 0 Å². The minimum absolute atomic E-state index is 0.0320. The van der Waals surface area contributed by atoms with Crippen LogP contribution in [0.2, 0.25) is 13.6 Å². The number of rotatable bonds is 6. The zero-order valence-corrected chi connectivity index (χ0v) is 38.8. The molecule has 2 aliphatic rings. The first-order valence-corrected chi connectivity index (χ1v) is 23.8. The predicted octanol–water partition coefficient (Wildman–Crippen LogP) is 7.96. The predicted molar refractivity (Wildman–Crippen MR) is 272 cm³/mol. The zero-order valence-electron chi connectivity index (χ0n) is 37.2. The van der Waals surface area contributed by atoms with E-state index < -0.39 is 0 Å². The molecule has 6 heterocycles. The molecule has 2 aliphatic heterocycles. The Kier molecular flexibility index (Phi) is 14.4. The molecule has 0 unspecified atom stereocenters. The first-order chi connectivity index (χ1) is 32.7. The number of carbonyl (C=O) groups excluding carboxylic acids is 2. The largest absolute Gasteiger partial charge is 0.366 e. The Morgan fingerprint density at radius 2 is 1.04 bits per heavy atom. The normalized spacial score (nSPS) is 13.4. The highest BCUT2D eigenvalue weighted by atomic mass is 32.1. The fourth-order valence-electron chi connectivity index (χ4n) is 8.46. The topological polar surface area (TPSA) is 150 Å². The van der Waals surface area contributed by atoms with E-state index >= 15 is 0 Å². The first kappa shape index (κ1) is 45.8. The van der Waals surface area contributed by atoms with Crippen LogP contribution in [0.3, 0.4) is 0 Å². The number of fused-ring (bicyclic) bond motifs is 2. The molecule has 0 spiro atoms. The molecule has 4 aromatic heterocycles. The van der Waals surface area contributed by atoms with Gasteiger partial charge in [-0.3, -0.25) is 23.7 Å². The lowest BCUT2D eigenvalue weighted by atomic mass is 9.49. The van der Waals surface area contributed by atoms with Gasteiger partial charge in [-0.15, -0.1) is 22.7 Å². The number of benzene rings is 4. The van der Waals surface area contributed by atoms with Gasteiger partial charge >= 0.3 is 0 Å². The number of aromatic amines is 1. The van der Waals surface area contributed by atoms with Crippen LogP contribution in [-0.2, 0) is 0 Å². The lowest BCUT2D eigenvalue weighted by molar-refractivity contribution is 0.0744. The first-order valence-electron chi connectivity index (χ1n) is 22.1. The maximum Gasteiger partial charge on any atom is 0.275 e. The van der Waals surface area contributed by atoms with Gasteiger partial charge in [-0.1, -0.05) is 116 Å². The molecule has 0 saturated carbocycles. The Morgan fingerprint density at radius 1 is 0.567 bits per heavy atom. The van der Waals surface area contributed by atoms with E-state index in [2.05, 4.69) is 53.9 Å². The maximum absolute atomic E-state index is 13.5. The number of thiophene rings is 2. The van der Waals surface area contributed by atoms with Gasteiger partial charge in [0.1, 0.15) is 23.3 Å². The molecule has 0 aliphatic carbocycles. The van der Waals surface area contributed by atoms with Crippen molar-refractivity contribution in [2.24, 2.45) is 0 Å². The number of nitrogens with one attached hydrogen (secondary N) is 1. The second-order valence-electron chi connectivity index (χ2n) is 16.2. The molecule has 12 nitrogen and oxygen atoms in total. The number of para-hydroxylation sites is 3. The maximum atomic E-state index is 13.5. The summed E-state index contributed by atoms with van der Waals surface area (Å²) in [4.78, 5) is 62.9. The van der Waals surface area contributed by atoms with E-state index in [1.807, 2.05) is 141 Å². The molecule has 10 rings (SSSR count). The van der Waals surface area contributed by atoms with Crippen molar-refractivity contribution in [3.05, 3.63) is 186 Å². The fourth-order valence-corrected chi connectivity index (χ4v) is 9.84. The summed E-state index contributed by atoms with van der Waals surface area (Å²) in [6, 6.07) is 46.7. The molecule has 4 aromatic carbocycles. The van der Waals surface area contributed by atoms with E-state index in [1.54, 1.807) is 4.57 Å².